The van der Waals surface area contributed by atoms with Crippen molar-refractivity contribution in [3.8, 4) is 0 Å². The van der Waals surface area contributed by atoms with Crippen LogP contribution in [-0.2, 0) is 36.8 Å². The Bertz CT molecular complexity index is 1050. The van der Waals surface area contributed by atoms with E-state index in [0.29, 0.717) is 11.3 Å². The summed E-state index contributed by atoms with van der Waals surface area (Å²) in [5.41, 5.74) is 6.70. The fraction of sp³-hybridized carbons (Fsp3) is 0.364. The van der Waals surface area contributed by atoms with E-state index in [1.165, 1.54) is 12.5 Å². The van der Waals surface area contributed by atoms with E-state index in [4.69, 9.17) is 5.73 Å². The van der Waals surface area contributed by atoms with Crippen molar-refractivity contribution in [2.75, 3.05) is 5.75 Å². The molecular weight excluding hydrogens is 492 g/mol. The number of imidazole rings is 1. The number of nitrogens with one attached hydrogen (secondary N) is 4. The van der Waals surface area contributed by atoms with Crippen LogP contribution in [0.25, 0.3) is 0 Å². The highest BCUT2D eigenvalue weighted by molar-refractivity contribution is 7.80. The van der Waals surface area contributed by atoms with Crippen molar-refractivity contribution < 1.29 is 34.2 Å². The van der Waals surface area contributed by atoms with Crippen molar-refractivity contribution >= 4 is 42.3 Å². The van der Waals surface area contributed by atoms with Gasteiger partial charge in [-0.2, -0.15) is 12.6 Å². The van der Waals surface area contributed by atoms with Crippen LogP contribution < -0.4 is 21.7 Å². The van der Waals surface area contributed by atoms with E-state index in [9.17, 15) is 34.2 Å². The van der Waals surface area contributed by atoms with Crippen molar-refractivity contribution in [1.82, 2.24) is 25.9 Å². The molecule has 0 aliphatic carbocycles. The average molecular weight is 521 g/mol. The zero-order valence-electron chi connectivity index (χ0n) is 19.1. The minimum atomic E-state index is -1.54. The molecule has 0 fully saturated rings. The molecule has 13 nitrogen and oxygen atoms in total. The van der Waals surface area contributed by atoms with Gasteiger partial charge in [-0.25, -0.2) is 9.78 Å². The van der Waals surface area contributed by atoms with Crippen molar-refractivity contribution in [3.63, 3.8) is 0 Å². The zero-order valence-corrected chi connectivity index (χ0v) is 20.0. The third-order valence-electron chi connectivity index (χ3n) is 5.05. The number of hydrogen-bond acceptors (Lipinski definition) is 8. The predicted molar refractivity (Wildman–Crippen MR) is 130 cm³/mol. The number of aromatic amines is 1. The SMILES string of the molecule is NC(CS)C(=O)NC(CC(=O)O)C(=O)NC(Cc1cnc[nH]1)C(=O)NC(Cc1ccccc1)C(=O)O. The van der Waals surface area contributed by atoms with E-state index in [2.05, 4.69) is 38.5 Å². The summed E-state index contributed by atoms with van der Waals surface area (Å²) in [6.07, 6.45) is 1.87. The van der Waals surface area contributed by atoms with Crippen molar-refractivity contribution in [1.29, 1.82) is 0 Å². The number of rotatable bonds is 14. The largest absolute Gasteiger partial charge is 0.481 e. The molecule has 8 N–H and O–H groups in total. The minimum Gasteiger partial charge on any atom is -0.481 e. The number of aliphatic carboxylic acids is 2. The highest BCUT2D eigenvalue weighted by Crippen LogP contribution is 2.06. The summed E-state index contributed by atoms with van der Waals surface area (Å²) in [6, 6.07) is 3.39. The van der Waals surface area contributed by atoms with E-state index in [-0.39, 0.29) is 18.6 Å². The smallest absolute Gasteiger partial charge is 0.326 e. The minimum absolute atomic E-state index is 0.00799. The highest BCUT2D eigenvalue weighted by Gasteiger charge is 2.31. The summed E-state index contributed by atoms with van der Waals surface area (Å²) in [4.78, 5) is 67.8. The standard InChI is InChI=1S/C22H28N6O7S/c23-14(10-36)19(31)26-16(8-18(29)30)21(33)27-15(7-13-9-24-11-25-13)20(32)28-17(22(34)35)6-12-4-2-1-3-5-12/h1-5,9,11,14-17,36H,6-8,10,23H2,(H,24,25)(H,26,31)(H,27,33)(H,28,32)(H,29,30)(H,34,35). The second kappa shape index (κ2) is 13.8. The Kier molecular flexibility index (Phi) is 10.9. The van der Waals surface area contributed by atoms with Crippen LogP contribution in [0.3, 0.4) is 0 Å². The molecular formula is C22H28N6O7S. The van der Waals surface area contributed by atoms with Crippen LogP contribution in [0.4, 0.5) is 0 Å². The molecule has 0 spiro atoms. The lowest BCUT2D eigenvalue weighted by Crippen LogP contribution is -2.58. The molecule has 1 aromatic heterocycles. The predicted octanol–water partition coefficient (Wildman–Crippen LogP) is -1.53. The lowest BCUT2D eigenvalue weighted by Gasteiger charge is -2.24. The van der Waals surface area contributed by atoms with Gasteiger partial charge in [-0.05, 0) is 5.56 Å². The summed E-state index contributed by atoms with van der Waals surface area (Å²) >= 11 is 3.90. The average Bonchev–Trinajstić information content (AvgIpc) is 3.35. The normalized spacial score (nSPS) is 14.1. The van der Waals surface area contributed by atoms with Gasteiger partial charge in [0.15, 0.2) is 0 Å². The number of carboxylic acids is 2. The Labute approximate surface area is 211 Å². The molecule has 0 saturated carbocycles. The van der Waals surface area contributed by atoms with Crippen LogP contribution >= 0.6 is 12.6 Å². The molecule has 0 bridgehead atoms. The fourth-order valence-corrected chi connectivity index (χ4v) is 3.33. The molecule has 0 radical (unpaired) electrons. The first-order valence-electron chi connectivity index (χ1n) is 10.8. The van der Waals surface area contributed by atoms with Gasteiger partial charge in [-0.1, -0.05) is 30.3 Å². The van der Waals surface area contributed by atoms with Gasteiger partial charge in [0.1, 0.15) is 18.1 Å². The number of carbonyl (C=O) groups excluding carboxylic acids is 3. The third-order valence-corrected chi connectivity index (χ3v) is 5.45. The molecule has 3 amide bonds. The Morgan fingerprint density at radius 2 is 1.53 bits per heavy atom. The van der Waals surface area contributed by atoms with E-state index in [0.717, 1.165) is 0 Å². The van der Waals surface area contributed by atoms with Crippen LogP contribution in [-0.4, -0.2) is 79.8 Å². The van der Waals surface area contributed by atoms with Gasteiger partial charge in [-0.3, -0.25) is 19.2 Å². The first kappa shape index (κ1) is 28.3. The molecule has 14 heteroatoms. The summed E-state index contributed by atoms with van der Waals surface area (Å²) in [5.74, 6) is -5.29. The van der Waals surface area contributed by atoms with Crippen LogP contribution in [0.5, 0.6) is 0 Å². The molecule has 4 atom stereocenters. The van der Waals surface area contributed by atoms with Gasteiger partial charge in [0.05, 0.1) is 18.8 Å². The van der Waals surface area contributed by atoms with Crippen molar-refractivity contribution in [2.24, 2.45) is 5.73 Å². The second-order valence-electron chi connectivity index (χ2n) is 7.88. The first-order valence-corrected chi connectivity index (χ1v) is 11.5. The Morgan fingerprint density at radius 1 is 0.917 bits per heavy atom. The molecule has 1 heterocycles. The summed E-state index contributed by atoms with van der Waals surface area (Å²) in [5, 5.41) is 25.8. The number of hydrogen-bond donors (Lipinski definition) is 8. The molecule has 0 aliphatic heterocycles. The van der Waals surface area contributed by atoms with E-state index >= 15 is 0 Å². The molecule has 1 aromatic carbocycles. The maximum absolute atomic E-state index is 13.1. The van der Waals surface area contributed by atoms with Gasteiger partial charge in [-0.15, -0.1) is 0 Å². The number of nitrogens with two attached hydrogens (primary N) is 1. The third kappa shape index (κ3) is 9.03. The molecule has 0 aliphatic rings. The summed E-state index contributed by atoms with van der Waals surface area (Å²) in [6.45, 7) is 0. The van der Waals surface area contributed by atoms with Crippen LogP contribution in [0.2, 0.25) is 0 Å². The van der Waals surface area contributed by atoms with Crippen molar-refractivity contribution in [2.45, 2.75) is 43.4 Å². The number of amides is 3. The second-order valence-corrected chi connectivity index (χ2v) is 8.24. The summed E-state index contributed by atoms with van der Waals surface area (Å²) < 4.78 is 0. The number of carboxylic acid groups (broad SMARTS) is 2. The number of benzene rings is 1. The number of nitrogens with zero attached hydrogens (tertiary/aromatic N) is 1. The number of carbonyl (C=O) groups is 5. The number of thiol groups is 1. The van der Waals surface area contributed by atoms with Gasteiger partial charge in [0.2, 0.25) is 17.7 Å². The fourth-order valence-electron chi connectivity index (χ4n) is 3.17. The van der Waals surface area contributed by atoms with E-state index in [1.54, 1.807) is 30.3 Å². The lowest BCUT2D eigenvalue weighted by atomic mass is 10.0. The molecule has 2 rings (SSSR count). The Hall–Kier alpha value is -3.91. The quantitative estimate of drug-likeness (QED) is 0.135. The van der Waals surface area contributed by atoms with E-state index in [1.807, 2.05) is 0 Å². The van der Waals surface area contributed by atoms with Crippen LogP contribution in [0, 0.1) is 0 Å². The van der Waals surface area contributed by atoms with Gasteiger partial charge >= 0.3 is 11.9 Å². The molecule has 2 aromatic rings. The van der Waals surface area contributed by atoms with Crippen molar-refractivity contribution in [3.05, 3.63) is 54.1 Å². The van der Waals surface area contributed by atoms with Crippen LogP contribution in [0.1, 0.15) is 17.7 Å². The molecule has 194 valence electrons. The zero-order chi connectivity index (χ0) is 26.7. The number of H-pyrrole nitrogens is 1. The molecule has 36 heavy (non-hydrogen) atoms. The summed E-state index contributed by atoms with van der Waals surface area (Å²) in [7, 11) is 0. The highest BCUT2D eigenvalue weighted by atomic mass is 32.1. The van der Waals surface area contributed by atoms with Crippen LogP contribution in [0.15, 0.2) is 42.9 Å². The Balaban J connectivity index is 2.21. The molecule has 0 saturated heterocycles. The van der Waals surface area contributed by atoms with Gasteiger partial charge in [0.25, 0.3) is 0 Å². The topological polar surface area (TPSA) is 217 Å². The van der Waals surface area contributed by atoms with E-state index < -0.39 is 60.2 Å². The monoisotopic (exact) mass is 520 g/mol. The Morgan fingerprint density at radius 3 is 2.08 bits per heavy atom. The van der Waals surface area contributed by atoms with Gasteiger partial charge in [0, 0.05) is 30.5 Å². The lowest BCUT2D eigenvalue weighted by molar-refractivity contribution is -0.143. The molecule has 4 unspecified atom stereocenters. The maximum atomic E-state index is 13.1. The van der Waals surface area contributed by atoms with Gasteiger partial charge < -0.3 is 36.9 Å². The maximum Gasteiger partial charge on any atom is 0.326 e. The first-order chi connectivity index (χ1) is 17.1. The number of aromatic nitrogens is 2.